The molecule has 2 N–H and O–H groups in total. The lowest BCUT2D eigenvalue weighted by atomic mass is 10.2. The number of benzene rings is 1. The fourth-order valence-electron chi connectivity index (χ4n) is 1.16. The van der Waals surface area contributed by atoms with Gasteiger partial charge in [-0.3, -0.25) is 19.7 Å². The minimum atomic E-state index is -0.548. The van der Waals surface area contributed by atoms with E-state index in [9.17, 15) is 14.4 Å². The topological polar surface area (TPSA) is 75.3 Å². The number of hydrogen-bond donors (Lipinski definition) is 2. The molecule has 1 aromatic carbocycles. The van der Waals surface area contributed by atoms with Crippen LogP contribution in [0.15, 0.2) is 36.4 Å². The lowest BCUT2D eigenvalue weighted by molar-refractivity contribution is -0.129. The first-order valence-electron chi connectivity index (χ1n) is 5.39. The molecule has 0 saturated carbocycles. The molecule has 0 fully saturated rings. The molecule has 0 aliphatic heterocycles. The van der Waals surface area contributed by atoms with Crippen molar-refractivity contribution in [2.75, 3.05) is 6.54 Å². The lowest BCUT2D eigenvalue weighted by Crippen LogP contribution is -2.38. The number of amides is 3. The van der Waals surface area contributed by atoms with Crippen molar-refractivity contribution in [3.05, 3.63) is 42.0 Å². The van der Waals surface area contributed by atoms with Crippen LogP contribution in [0, 0.1) is 0 Å². The molecule has 0 aliphatic rings. The normalized spacial score (nSPS) is 10.1. The molecule has 3 amide bonds. The van der Waals surface area contributed by atoms with Crippen LogP contribution in [-0.4, -0.2) is 24.3 Å². The molecule has 0 spiro atoms. The zero-order chi connectivity index (χ0) is 13.4. The Morgan fingerprint density at radius 2 is 1.83 bits per heavy atom. The van der Waals surface area contributed by atoms with Crippen LogP contribution in [-0.2, 0) is 14.4 Å². The molecule has 0 aromatic heterocycles. The van der Waals surface area contributed by atoms with Crippen LogP contribution in [0.5, 0.6) is 0 Å². The first-order chi connectivity index (χ1) is 8.58. The van der Waals surface area contributed by atoms with Crippen molar-refractivity contribution in [2.24, 2.45) is 0 Å². The molecule has 1 rings (SSSR count). The van der Waals surface area contributed by atoms with E-state index in [-0.39, 0.29) is 12.5 Å². The second kappa shape index (κ2) is 7.01. The Morgan fingerprint density at radius 3 is 2.44 bits per heavy atom. The zero-order valence-electron chi connectivity index (χ0n) is 9.97. The first-order valence-corrected chi connectivity index (χ1v) is 5.39. The molecule has 18 heavy (non-hydrogen) atoms. The van der Waals surface area contributed by atoms with Gasteiger partial charge in [0.25, 0.3) is 5.91 Å². The highest BCUT2D eigenvalue weighted by Crippen LogP contribution is 2.00. The Balaban J connectivity index is 2.40. The van der Waals surface area contributed by atoms with Gasteiger partial charge in [0, 0.05) is 13.0 Å². The summed E-state index contributed by atoms with van der Waals surface area (Å²) >= 11 is 0. The van der Waals surface area contributed by atoms with Gasteiger partial charge in [-0.2, -0.15) is 0 Å². The van der Waals surface area contributed by atoms with Gasteiger partial charge in [-0.25, -0.2) is 0 Å². The molecule has 0 radical (unpaired) electrons. The van der Waals surface area contributed by atoms with E-state index in [1.54, 1.807) is 6.08 Å². The number of carbonyl (C=O) groups excluding carboxylic acids is 3. The molecule has 0 aliphatic carbocycles. The van der Waals surface area contributed by atoms with Crippen molar-refractivity contribution in [3.8, 4) is 0 Å². The van der Waals surface area contributed by atoms with Gasteiger partial charge >= 0.3 is 0 Å². The van der Waals surface area contributed by atoms with Crippen molar-refractivity contribution >= 4 is 23.8 Å². The second-order valence-corrected chi connectivity index (χ2v) is 3.57. The van der Waals surface area contributed by atoms with E-state index < -0.39 is 11.8 Å². The predicted molar refractivity (Wildman–Crippen MR) is 67.3 cm³/mol. The molecule has 5 nitrogen and oxygen atoms in total. The van der Waals surface area contributed by atoms with Gasteiger partial charge in [-0.1, -0.05) is 30.3 Å². The van der Waals surface area contributed by atoms with Crippen LogP contribution in [0.25, 0.3) is 6.08 Å². The summed E-state index contributed by atoms with van der Waals surface area (Å²) in [5.41, 5.74) is 0.863. The summed E-state index contributed by atoms with van der Waals surface area (Å²) in [5, 5.41) is 4.42. The lowest BCUT2D eigenvalue weighted by Gasteiger charge is -2.01. The fourth-order valence-corrected chi connectivity index (χ4v) is 1.16. The summed E-state index contributed by atoms with van der Waals surface area (Å²) in [7, 11) is 0. The minimum Gasteiger partial charge on any atom is -0.347 e. The maximum Gasteiger partial charge on any atom is 0.250 e. The van der Waals surface area contributed by atoms with Crippen LogP contribution >= 0.6 is 0 Å². The van der Waals surface area contributed by atoms with E-state index in [4.69, 9.17) is 0 Å². The van der Waals surface area contributed by atoms with Crippen LogP contribution < -0.4 is 10.6 Å². The highest BCUT2D eigenvalue weighted by atomic mass is 16.2. The third-order valence-electron chi connectivity index (χ3n) is 1.99. The molecule has 1 aromatic rings. The largest absolute Gasteiger partial charge is 0.347 e. The zero-order valence-corrected chi connectivity index (χ0v) is 9.97. The number of carbonyl (C=O) groups is 3. The molecule has 94 valence electrons. The molecule has 0 bridgehead atoms. The van der Waals surface area contributed by atoms with E-state index >= 15 is 0 Å². The average Bonchev–Trinajstić information content (AvgIpc) is 2.35. The molecule has 0 unspecified atom stereocenters. The minimum absolute atomic E-state index is 0.208. The highest BCUT2D eigenvalue weighted by molar-refractivity contribution is 6.03. The van der Waals surface area contributed by atoms with Crippen molar-refractivity contribution in [3.63, 3.8) is 0 Å². The Bertz CT molecular complexity index is 466. The number of hydrogen-bond acceptors (Lipinski definition) is 3. The van der Waals surface area contributed by atoms with Gasteiger partial charge in [0.15, 0.2) is 0 Å². The number of rotatable bonds is 4. The second-order valence-electron chi connectivity index (χ2n) is 3.57. The first kappa shape index (κ1) is 13.6. The van der Waals surface area contributed by atoms with Gasteiger partial charge in [0.2, 0.25) is 11.8 Å². The summed E-state index contributed by atoms with van der Waals surface area (Å²) in [6.07, 6.45) is 2.86. The third-order valence-corrected chi connectivity index (χ3v) is 1.99. The quantitative estimate of drug-likeness (QED) is 0.759. The van der Waals surface area contributed by atoms with Gasteiger partial charge in [0.05, 0.1) is 6.54 Å². The van der Waals surface area contributed by atoms with E-state index in [1.807, 2.05) is 30.3 Å². The summed E-state index contributed by atoms with van der Waals surface area (Å²) in [6.45, 7) is 1.09. The van der Waals surface area contributed by atoms with E-state index in [0.717, 1.165) is 5.56 Å². The fraction of sp³-hybridized carbons (Fsp3) is 0.154. The maximum atomic E-state index is 11.3. The van der Waals surface area contributed by atoms with Gasteiger partial charge < -0.3 is 5.32 Å². The number of imide groups is 1. The third kappa shape index (κ3) is 5.60. The van der Waals surface area contributed by atoms with Gasteiger partial charge in [0.1, 0.15) is 0 Å². The standard InChI is InChI=1S/C13H14N2O3/c1-10(16)14-9-13(18)15-12(17)8-7-11-5-3-2-4-6-11/h2-8H,9H2,1H3,(H,14,16)(H,15,17,18). The summed E-state index contributed by atoms with van der Waals surface area (Å²) in [4.78, 5) is 33.1. The van der Waals surface area contributed by atoms with Crippen molar-refractivity contribution < 1.29 is 14.4 Å². The van der Waals surface area contributed by atoms with E-state index in [1.165, 1.54) is 13.0 Å². The van der Waals surface area contributed by atoms with Gasteiger partial charge in [-0.05, 0) is 11.6 Å². The predicted octanol–water partition coefficient (Wildman–Crippen LogP) is 0.479. The van der Waals surface area contributed by atoms with Crippen LogP contribution in [0.3, 0.4) is 0 Å². The average molecular weight is 246 g/mol. The molecular weight excluding hydrogens is 232 g/mol. The van der Waals surface area contributed by atoms with Crippen molar-refractivity contribution in [1.29, 1.82) is 0 Å². The molecule has 5 heteroatoms. The van der Waals surface area contributed by atoms with E-state index in [2.05, 4.69) is 10.6 Å². The maximum absolute atomic E-state index is 11.3. The molecular formula is C13H14N2O3. The van der Waals surface area contributed by atoms with Crippen molar-refractivity contribution in [1.82, 2.24) is 10.6 Å². The Labute approximate surface area is 105 Å². The van der Waals surface area contributed by atoms with E-state index in [0.29, 0.717) is 0 Å². The summed E-state index contributed by atoms with van der Waals surface area (Å²) in [5.74, 6) is -1.39. The summed E-state index contributed by atoms with van der Waals surface area (Å²) in [6, 6.07) is 9.24. The smallest absolute Gasteiger partial charge is 0.250 e. The highest BCUT2D eigenvalue weighted by Gasteiger charge is 2.04. The summed E-state index contributed by atoms with van der Waals surface area (Å²) < 4.78 is 0. The van der Waals surface area contributed by atoms with Crippen LogP contribution in [0.2, 0.25) is 0 Å². The number of nitrogens with one attached hydrogen (secondary N) is 2. The molecule has 0 heterocycles. The molecule has 0 saturated heterocycles. The SMILES string of the molecule is CC(=O)NCC(=O)NC(=O)C=Cc1ccccc1. The van der Waals surface area contributed by atoms with Crippen LogP contribution in [0.4, 0.5) is 0 Å². The molecule has 0 atom stereocenters. The monoisotopic (exact) mass is 246 g/mol. The van der Waals surface area contributed by atoms with Gasteiger partial charge in [-0.15, -0.1) is 0 Å². The van der Waals surface area contributed by atoms with Crippen molar-refractivity contribution in [2.45, 2.75) is 6.92 Å². The Kier molecular flexibility index (Phi) is 5.31. The Morgan fingerprint density at radius 1 is 1.17 bits per heavy atom. The van der Waals surface area contributed by atoms with Crippen LogP contribution in [0.1, 0.15) is 12.5 Å². The Hall–Kier alpha value is -2.43.